The summed E-state index contributed by atoms with van der Waals surface area (Å²) in [4.78, 5) is 0. The van der Waals surface area contributed by atoms with Gasteiger partial charge in [-0.05, 0) is 29.7 Å². The molecule has 0 atom stereocenters. The number of benzene rings is 2. The lowest BCUT2D eigenvalue weighted by Crippen LogP contribution is -2.04. The van der Waals surface area contributed by atoms with E-state index >= 15 is 0 Å². The van der Waals surface area contributed by atoms with Crippen molar-refractivity contribution in [1.29, 1.82) is 0 Å². The van der Waals surface area contributed by atoms with Gasteiger partial charge in [0.25, 0.3) is 0 Å². The highest BCUT2D eigenvalue weighted by Crippen LogP contribution is 2.21. The number of aliphatic hydroxyl groups is 1. The lowest BCUT2D eigenvalue weighted by Gasteiger charge is -2.08. The Morgan fingerprint density at radius 1 is 0.952 bits per heavy atom. The monoisotopic (exact) mass is 278 g/mol. The fourth-order valence-electron chi connectivity index (χ4n) is 2.43. The number of hydrogen-bond acceptors (Lipinski definition) is 2. The molecule has 1 heterocycles. The molecule has 0 amide bonds. The van der Waals surface area contributed by atoms with E-state index < -0.39 is 0 Å². The molecule has 0 saturated carbocycles. The predicted octanol–water partition coefficient (Wildman–Crippen LogP) is 3.40. The summed E-state index contributed by atoms with van der Waals surface area (Å²) in [7, 11) is 0. The van der Waals surface area contributed by atoms with Gasteiger partial charge in [0.1, 0.15) is 0 Å². The van der Waals surface area contributed by atoms with E-state index in [1.807, 2.05) is 54.1 Å². The van der Waals surface area contributed by atoms with Gasteiger partial charge in [0.2, 0.25) is 0 Å². The van der Waals surface area contributed by atoms with Crippen molar-refractivity contribution in [3.05, 3.63) is 77.5 Å². The van der Waals surface area contributed by atoms with Crippen LogP contribution in [0.1, 0.15) is 16.8 Å². The van der Waals surface area contributed by atoms with Crippen molar-refractivity contribution in [2.45, 2.75) is 20.1 Å². The van der Waals surface area contributed by atoms with E-state index in [9.17, 15) is 0 Å². The summed E-state index contributed by atoms with van der Waals surface area (Å²) < 4.78 is 2.03. The Labute approximate surface area is 124 Å². The number of aryl methyl sites for hydroxylation is 1. The second kappa shape index (κ2) is 5.94. The van der Waals surface area contributed by atoms with Crippen molar-refractivity contribution in [2.24, 2.45) is 0 Å². The third-order valence-electron chi connectivity index (χ3n) is 3.51. The van der Waals surface area contributed by atoms with Crippen molar-refractivity contribution < 1.29 is 5.11 Å². The second-order valence-corrected chi connectivity index (χ2v) is 5.17. The lowest BCUT2D eigenvalue weighted by atomic mass is 10.1. The van der Waals surface area contributed by atoms with Crippen LogP contribution in [0, 0.1) is 6.92 Å². The first kappa shape index (κ1) is 13.6. The molecule has 0 radical (unpaired) electrons. The van der Waals surface area contributed by atoms with E-state index in [4.69, 9.17) is 5.11 Å². The minimum atomic E-state index is 0.0798. The van der Waals surface area contributed by atoms with Crippen molar-refractivity contribution in [2.75, 3.05) is 0 Å². The van der Waals surface area contributed by atoms with E-state index in [1.54, 1.807) is 0 Å². The summed E-state index contributed by atoms with van der Waals surface area (Å²) in [6.07, 6.45) is 0. The van der Waals surface area contributed by atoms with Gasteiger partial charge in [0.15, 0.2) is 0 Å². The van der Waals surface area contributed by atoms with Crippen molar-refractivity contribution in [3.63, 3.8) is 0 Å². The molecule has 0 fully saturated rings. The van der Waals surface area contributed by atoms with Crippen LogP contribution in [0.25, 0.3) is 11.3 Å². The van der Waals surface area contributed by atoms with Crippen molar-refractivity contribution in [1.82, 2.24) is 9.78 Å². The molecule has 0 aliphatic heterocycles. The summed E-state index contributed by atoms with van der Waals surface area (Å²) in [5, 5.41) is 13.7. The van der Waals surface area contributed by atoms with E-state index in [1.165, 1.54) is 11.1 Å². The molecule has 0 unspecified atom stereocenters. The highest BCUT2D eigenvalue weighted by atomic mass is 16.3. The summed E-state index contributed by atoms with van der Waals surface area (Å²) in [5.41, 5.74) is 5.41. The standard InChI is InChI=1S/C18H18N2O/c1-14-11-18(17-5-3-2-4-6-17)20(19-14)12-15-7-9-16(13-21)10-8-15/h2-11,21H,12-13H2,1H3. The zero-order valence-corrected chi connectivity index (χ0v) is 12.0. The third kappa shape index (κ3) is 3.03. The molecule has 0 saturated heterocycles. The Bertz CT molecular complexity index is 715. The maximum absolute atomic E-state index is 9.10. The molecule has 1 aromatic heterocycles. The molecule has 0 aliphatic carbocycles. The summed E-state index contributed by atoms with van der Waals surface area (Å²) >= 11 is 0. The van der Waals surface area contributed by atoms with Gasteiger partial charge in [-0.25, -0.2) is 0 Å². The first-order chi connectivity index (χ1) is 10.3. The molecule has 1 N–H and O–H groups in total. The zero-order valence-electron chi connectivity index (χ0n) is 12.0. The molecule has 3 aromatic rings. The van der Waals surface area contributed by atoms with Crippen LogP contribution < -0.4 is 0 Å². The Hall–Kier alpha value is -2.39. The predicted molar refractivity (Wildman–Crippen MR) is 83.9 cm³/mol. The SMILES string of the molecule is Cc1cc(-c2ccccc2)n(Cc2ccc(CO)cc2)n1. The van der Waals surface area contributed by atoms with Crippen LogP contribution in [0.5, 0.6) is 0 Å². The quantitative estimate of drug-likeness (QED) is 0.794. The third-order valence-corrected chi connectivity index (χ3v) is 3.51. The molecular formula is C18H18N2O. The number of nitrogens with zero attached hydrogens (tertiary/aromatic N) is 2. The van der Waals surface area contributed by atoms with Gasteiger partial charge < -0.3 is 5.11 Å². The Balaban J connectivity index is 1.92. The molecule has 3 nitrogen and oxygen atoms in total. The van der Waals surface area contributed by atoms with E-state index in [0.29, 0.717) is 0 Å². The van der Waals surface area contributed by atoms with Crippen LogP contribution in [0.2, 0.25) is 0 Å². The van der Waals surface area contributed by atoms with Gasteiger partial charge in [-0.2, -0.15) is 5.10 Å². The van der Waals surface area contributed by atoms with Crippen molar-refractivity contribution in [3.8, 4) is 11.3 Å². The molecule has 21 heavy (non-hydrogen) atoms. The minimum absolute atomic E-state index is 0.0798. The Morgan fingerprint density at radius 2 is 1.62 bits per heavy atom. The number of hydrogen-bond donors (Lipinski definition) is 1. The molecule has 3 heteroatoms. The van der Waals surface area contributed by atoms with E-state index in [-0.39, 0.29) is 6.61 Å². The van der Waals surface area contributed by atoms with Crippen LogP contribution in [0.4, 0.5) is 0 Å². The van der Waals surface area contributed by atoms with Crippen LogP contribution in [0.15, 0.2) is 60.7 Å². The van der Waals surface area contributed by atoms with Gasteiger partial charge in [-0.1, -0.05) is 54.6 Å². The second-order valence-electron chi connectivity index (χ2n) is 5.17. The number of aliphatic hydroxyl groups excluding tert-OH is 1. The van der Waals surface area contributed by atoms with Gasteiger partial charge in [0, 0.05) is 0 Å². The first-order valence-electron chi connectivity index (χ1n) is 7.05. The highest BCUT2D eigenvalue weighted by Gasteiger charge is 2.08. The normalized spacial score (nSPS) is 10.8. The molecule has 0 aliphatic rings. The smallest absolute Gasteiger partial charge is 0.0689 e. The average Bonchev–Trinajstić information content (AvgIpc) is 2.89. The van der Waals surface area contributed by atoms with E-state index in [0.717, 1.165) is 23.5 Å². The minimum Gasteiger partial charge on any atom is -0.392 e. The fraction of sp³-hybridized carbons (Fsp3) is 0.167. The average molecular weight is 278 g/mol. The lowest BCUT2D eigenvalue weighted by molar-refractivity contribution is 0.282. The molecule has 0 spiro atoms. The van der Waals surface area contributed by atoms with Crippen molar-refractivity contribution >= 4 is 0 Å². The maximum Gasteiger partial charge on any atom is 0.0689 e. The molecular weight excluding hydrogens is 260 g/mol. The summed E-state index contributed by atoms with van der Waals surface area (Å²) in [6.45, 7) is 2.82. The Kier molecular flexibility index (Phi) is 3.84. The summed E-state index contributed by atoms with van der Waals surface area (Å²) in [5.74, 6) is 0. The number of rotatable bonds is 4. The molecule has 0 bridgehead atoms. The highest BCUT2D eigenvalue weighted by molar-refractivity contribution is 5.59. The summed E-state index contributed by atoms with van der Waals surface area (Å²) in [6, 6.07) is 20.4. The zero-order chi connectivity index (χ0) is 14.7. The van der Waals surface area contributed by atoms with Crippen LogP contribution in [-0.4, -0.2) is 14.9 Å². The van der Waals surface area contributed by atoms with E-state index in [2.05, 4.69) is 23.3 Å². The fourth-order valence-corrected chi connectivity index (χ4v) is 2.43. The number of aromatic nitrogens is 2. The molecule has 106 valence electrons. The topological polar surface area (TPSA) is 38.0 Å². The maximum atomic E-state index is 9.10. The van der Waals surface area contributed by atoms with Crippen LogP contribution in [-0.2, 0) is 13.2 Å². The largest absolute Gasteiger partial charge is 0.392 e. The van der Waals surface area contributed by atoms with Gasteiger partial charge in [-0.3, -0.25) is 4.68 Å². The molecule has 3 rings (SSSR count). The first-order valence-corrected chi connectivity index (χ1v) is 7.05. The van der Waals surface area contributed by atoms with Gasteiger partial charge in [-0.15, -0.1) is 0 Å². The van der Waals surface area contributed by atoms with Gasteiger partial charge in [0.05, 0.1) is 24.5 Å². The van der Waals surface area contributed by atoms with Crippen LogP contribution >= 0.6 is 0 Å². The van der Waals surface area contributed by atoms with Gasteiger partial charge >= 0.3 is 0 Å². The Morgan fingerprint density at radius 3 is 2.29 bits per heavy atom. The molecule has 2 aromatic carbocycles. The van der Waals surface area contributed by atoms with Crippen LogP contribution in [0.3, 0.4) is 0 Å².